The summed E-state index contributed by atoms with van der Waals surface area (Å²) in [7, 11) is 0. The molecule has 0 saturated heterocycles. The van der Waals surface area contributed by atoms with E-state index in [9.17, 15) is 0 Å². The van der Waals surface area contributed by atoms with Crippen molar-refractivity contribution in [1.82, 2.24) is 18.9 Å². The fourth-order valence-corrected chi connectivity index (χ4v) is 2.58. The minimum Gasteiger partial charge on any atom is -0.328 e. The minimum atomic E-state index is 0.426. The quantitative estimate of drug-likeness (QED) is 0.671. The van der Waals surface area contributed by atoms with Crippen molar-refractivity contribution in [3.63, 3.8) is 0 Å². The lowest BCUT2D eigenvalue weighted by Gasteiger charge is -2.02. The molecule has 4 nitrogen and oxygen atoms in total. The number of imidazole rings is 2. The smallest absolute Gasteiger partial charge is 0.193 e. The summed E-state index contributed by atoms with van der Waals surface area (Å²) in [4.78, 5) is 9.70. The highest BCUT2D eigenvalue weighted by molar-refractivity contribution is 7.15. The van der Waals surface area contributed by atoms with Crippen LogP contribution in [0, 0.1) is 0 Å². The van der Waals surface area contributed by atoms with E-state index in [0.29, 0.717) is 5.88 Å². The summed E-state index contributed by atoms with van der Waals surface area (Å²) in [6, 6.07) is 0. The van der Waals surface area contributed by atoms with Gasteiger partial charge in [0.1, 0.15) is 5.82 Å². The number of alkyl halides is 1. The summed E-state index contributed by atoms with van der Waals surface area (Å²) in [6.07, 6.45) is 7.72. The topological polar surface area (TPSA) is 35.1 Å². The zero-order valence-corrected chi connectivity index (χ0v) is 9.95. The molecule has 0 spiro atoms. The molecule has 0 saturated carbocycles. The van der Waals surface area contributed by atoms with Gasteiger partial charge in [-0.05, 0) is 0 Å². The molecule has 3 heterocycles. The first kappa shape index (κ1) is 9.86. The van der Waals surface area contributed by atoms with Gasteiger partial charge in [-0.15, -0.1) is 22.9 Å². The Bertz CT molecular complexity index is 580. The first-order chi connectivity index (χ1) is 7.86. The molecule has 3 rings (SSSR count). The minimum absolute atomic E-state index is 0.426. The third kappa shape index (κ3) is 1.62. The van der Waals surface area contributed by atoms with Gasteiger partial charge in [-0.1, -0.05) is 0 Å². The second-order valence-corrected chi connectivity index (χ2v) is 4.57. The molecule has 0 N–H and O–H groups in total. The van der Waals surface area contributed by atoms with Crippen LogP contribution in [0.4, 0.5) is 0 Å². The predicted octanol–water partition coefficient (Wildman–Crippen LogP) is 2.38. The largest absolute Gasteiger partial charge is 0.328 e. The Morgan fingerprint density at radius 3 is 3.12 bits per heavy atom. The Balaban J connectivity index is 1.92. The van der Waals surface area contributed by atoms with Crippen LogP contribution in [0.3, 0.4) is 0 Å². The SMILES string of the molecule is ClCc1nccn1Cc1cn2ccsc2n1. The zero-order valence-electron chi connectivity index (χ0n) is 8.38. The molecule has 0 bridgehead atoms. The van der Waals surface area contributed by atoms with Crippen molar-refractivity contribution < 1.29 is 0 Å². The van der Waals surface area contributed by atoms with Gasteiger partial charge in [0.05, 0.1) is 18.1 Å². The first-order valence-corrected chi connectivity index (χ1v) is 6.25. The molecule has 0 unspecified atom stereocenters. The number of nitrogens with zero attached hydrogens (tertiary/aromatic N) is 4. The fourth-order valence-electron chi connectivity index (χ4n) is 1.64. The van der Waals surface area contributed by atoms with Crippen LogP contribution in [-0.2, 0) is 12.4 Å². The third-order valence-electron chi connectivity index (χ3n) is 2.40. The second-order valence-electron chi connectivity index (χ2n) is 3.43. The Morgan fingerprint density at radius 2 is 2.31 bits per heavy atom. The van der Waals surface area contributed by atoms with Crippen molar-refractivity contribution in [3.8, 4) is 0 Å². The van der Waals surface area contributed by atoms with Crippen molar-refractivity contribution in [3.05, 3.63) is 41.7 Å². The van der Waals surface area contributed by atoms with Crippen molar-refractivity contribution in [2.75, 3.05) is 0 Å². The summed E-state index contributed by atoms with van der Waals surface area (Å²) < 4.78 is 4.04. The first-order valence-electron chi connectivity index (χ1n) is 4.84. The molecular formula is C10H9ClN4S. The van der Waals surface area contributed by atoms with Crippen LogP contribution in [0.15, 0.2) is 30.2 Å². The van der Waals surface area contributed by atoms with E-state index in [-0.39, 0.29) is 0 Å². The molecule has 0 atom stereocenters. The molecule has 0 amide bonds. The van der Waals surface area contributed by atoms with E-state index in [1.807, 2.05) is 32.9 Å². The van der Waals surface area contributed by atoms with E-state index in [4.69, 9.17) is 11.6 Å². The van der Waals surface area contributed by atoms with Crippen LogP contribution in [0.1, 0.15) is 11.5 Å². The Labute approximate surface area is 101 Å². The monoisotopic (exact) mass is 252 g/mol. The van der Waals surface area contributed by atoms with Gasteiger partial charge in [0.15, 0.2) is 4.96 Å². The van der Waals surface area contributed by atoms with Crippen LogP contribution < -0.4 is 0 Å². The lowest BCUT2D eigenvalue weighted by atomic mass is 10.4. The Hall–Kier alpha value is -1.33. The van der Waals surface area contributed by atoms with Crippen molar-refractivity contribution in [2.45, 2.75) is 12.4 Å². The number of fused-ring (bicyclic) bond motifs is 1. The summed E-state index contributed by atoms with van der Waals surface area (Å²) in [6.45, 7) is 0.719. The number of hydrogen-bond donors (Lipinski definition) is 0. The number of hydrogen-bond acceptors (Lipinski definition) is 3. The molecule has 0 aromatic carbocycles. The van der Waals surface area contributed by atoms with Crippen molar-refractivity contribution in [1.29, 1.82) is 0 Å². The van der Waals surface area contributed by atoms with Gasteiger partial charge in [0.2, 0.25) is 0 Å². The Kier molecular flexibility index (Phi) is 2.41. The van der Waals surface area contributed by atoms with Gasteiger partial charge in [0.25, 0.3) is 0 Å². The molecule has 3 aromatic rings. The van der Waals surface area contributed by atoms with Gasteiger partial charge in [-0.25, -0.2) is 9.97 Å². The number of rotatable bonds is 3. The van der Waals surface area contributed by atoms with Crippen LogP contribution in [-0.4, -0.2) is 18.9 Å². The molecule has 3 aromatic heterocycles. The lowest BCUT2D eigenvalue weighted by molar-refractivity contribution is 0.741. The molecular weight excluding hydrogens is 244 g/mol. The van der Waals surface area contributed by atoms with E-state index in [1.54, 1.807) is 17.5 Å². The Morgan fingerprint density at radius 1 is 1.38 bits per heavy atom. The molecule has 0 aliphatic rings. The maximum Gasteiger partial charge on any atom is 0.193 e. The van der Waals surface area contributed by atoms with Crippen molar-refractivity contribution in [2.24, 2.45) is 0 Å². The van der Waals surface area contributed by atoms with Crippen LogP contribution in [0.25, 0.3) is 4.96 Å². The van der Waals surface area contributed by atoms with Crippen LogP contribution in [0.2, 0.25) is 0 Å². The highest BCUT2D eigenvalue weighted by Gasteiger charge is 2.06. The average molecular weight is 253 g/mol. The normalized spacial score (nSPS) is 11.3. The maximum absolute atomic E-state index is 5.79. The second kappa shape index (κ2) is 3.92. The summed E-state index contributed by atoms with van der Waals surface area (Å²) in [5.74, 6) is 1.30. The van der Waals surface area contributed by atoms with Gasteiger partial charge in [0, 0.05) is 30.2 Å². The molecule has 82 valence electrons. The highest BCUT2D eigenvalue weighted by atomic mass is 35.5. The van der Waals surface area contributed by atoms with E-state index < -0.39 is 0 Å². The van der Waals surface area contributed by atoms with Gasteiger partial charge in [-0.2, -0.15) is 0 Å². The molecule has 0 radical (unpaired) electrons. The van der Waals surface area contributed by atoms with Gasteiger partial charge in [-0.3, -0.25) is 4.40 Å². The van der Waals surface area contributed by atoms with E-state index in [0.717, 1.165) is 23.0 Å². The summed E-state index contributed by atoms with van der Waals surface area (Å²) in [5.41, 5.74) is 1.02. The lowest BCUT2D eigenvalue weighted by Crippen LogP contribution is -2.02. The van der Waals surface area contributed by atoms with E-state index in [1.165, 1.54) is 0 Å². The standard InChI is InChI=1S/C10H9ClN4S/c11-5-9-12-1-2-14(9)6-8-7-15-3-4-16-10(15)13-8/h1-4,7H,5-6H2. The van der Waals surface area contributed by atoms with Crippen molar-refractivity contribution >= 4 is 27.9 Å². The maximum atomic E-state index is 5.79. The molecule has 0 aliphatic heterocycles. The number of aromatic nitrogens is 4. The number of thiazole rings is 1. The van der Waals surface area contributed by atoms with E-state index in [2.05, 4.69) is 9.97 Å². The molecule has 0 aliphatic carbocycles. The predicted molar refractivity (Wildman–Crippen MR) is 64.0 cm³/mol. The summed E-state index contributed by atoms with van der Waals surface area (Å²) >= 11 is 7.42. The average Bonchev–Trinajstić information content (AvgIpc) is 2.92. The number of halogens is 1. The third-order valence-corrected chi connectivity index (χ3v) is 3.41. The van der Waals surface area contributed by atoms with Crippen LogP contribution >= 0.6 is 22.9 Å². The molecule has 0 fully saturated rings. The van der Waals surface area contributed by atoms with E-state index >= 15 is 0 Å². The molecule has 16 heavy (non-hydrogen) atoms. The zero-order chi connectivity index (χ0) is 11.0. The van der Waals surface area contributed by atoms with Crippen LogP contribution in [0.5, 0.6) is 0 Å². The molecule has 6 heteroatoms. The summed E-state index contributed by atoms with van der Waals surface area (Å²) in [5, 5.41) is 2.02. The fraction of sp³-hybridized carbons (Fsp3) is 0.200. The van der Waals surface area contributed by atoms with Gasteiger partial charge < -0.3 is 4.57 Å². The highest BCUT2D eigenvalue weighted by Crippen LogP contribution is 2.13. The van der Waals surface area contributed by atoms with Gasteiger partial charge >= 0.3 is 0 Å².